The third-order valence-corrected chi connectivity index (χ3v) is 6.76. The van der Waals surface area contributed by atoms with Crippen LogP contribution in [0.1, 0.15) is 42.0 Å². The first-order chi connectivity index (χ1) is 17.8. The maximum absolute atomic E-state index is 14.6. The van der Waals surface area contributed by atoms with E-state index in [1.807, 2.05) is 0 Å². The molecule has 38 heavy (non-hydrogen) atoms. The van der Waals surface area contributed by atoms with Gasteiger partial charge in [0.25, 0.3) is 0 Å². The van der Waals surface area contributed by atoms with Crippen LogP contribution in [0, 0.1) is 17.7 Å². The molecular formula is C27H24F4N2O5. The third kappa shape index (κ3) is 5.15. The molecule has 2 heterocycles. The van der Waals surface area contributed by atoms with Gasteiger partial charge in [0, 0.05) is 41.6 Å². The van der Waals surface area contributed by atoms with E-state index in [9.17, 15) is 32.6 Å². The quantitative estimate of drug-likeness (QED) is 0.394. The fraction of sp³-hybridized carbons (Fsp3) is 0.370. The first kappa shape index (κ1) is 25.9. The monoisotopic (exact) mass is 532 g/mol. The van der Waals surface area contributed by atoms with Crippen molar-refractivity contribution in [2.24, 2.45) is 11.8 Å². The van der Waals surface area contributed by atoms with Crippen molar-refractivity contribution in [2.75, 3.05) is 6.61 Å². The first-order valence-corrected chi connectivity index (χ1v) is 11.9. The molecule has 0 spiro atoms. The van der Waals surface area contributed by atoms with Gasteiger partial charge in [-0.05, 0) is 55.0 Å². The van der Waals surface area contributed by atoms with Crippen molar-refractivity contribution >= 4 is 5.97 Å². The van der Waals surface area contributed by atoms with Crippen LogP contribution in [0.25, 0.3) is 11.1 Å². The summed E-state index contributed by atoms with van der Waals surface area (Å²) in [6, 6.07) is 5.98. The van der Waals surface area contributed by atoms with Gasteiger partial charge in [-0.1, -0.05) is 6.07 Å². The number of nitrogens with zero attached hydrogens (tertiary/aromatic N) is 2. The molecule has 11 heteroatoms. The van der Waals surface area contributed by atoms with E-state index >= 15 is 0 Å². The minimum Gasteiger partial charge on any atom is -0.481 e. The van der Waals surface area contributed by atoms with E-state index < -0.39 is 29.1 Å². The van der Waals surface area contributed by atoms with Crippen LogP contribution in [0.3, 0.4) is 0 Å². The predicted octanol–water partition coefficient (Wildman–Crippen LogP) is 5.00. The van der Waals surface area contributed by atoms with Crippen molar-refractivity contribution in [1.29, 1.82) is 0 Å². The number of aromatic nitrogens is 2. The molecule has 2 aliphatic rings. The summed E-state index contributed by atoms with van der Waals surface area (Å²) in [6.45, 7) is 2.36. The van der Waals surface area contributed by atoms with E-state index in [1.54, 1.807) is 12.3 Å². The largest absolute Gasteiger partial charge is 0.481 e. The predicted molar refractivity (Wildman–Crippen MR) is 126 cm³/mol. The van der Waals surface area contributed by atoms with Crippen LogP contribution < -0.4 is 9.47 Å². The molecule has 0 bridgehead atoms. The lowest BCUT2D eigenvalue weighted by molar-refractivity contribution is -0.139. The smallest absolute Gasteiger partial charge is 0.417 e. The lowest BCUT2D eigenvalue weighted by atomic mass is 9.99. The van der Waals surface area contributed by atoms with Crippen LogP contribution in [0.2, 0.25) is 0 Å². The lowest BCUT2D eigenvalue weighted by Crippen LogP contribution is -2.28. The second-order valence-electron chi connectivity index (χ2n) is 10.2. The highest BCUT2D eigenvalue weighted by atomic mass is 19.4. The maximum atomic E-state index is 14.6. The normalized spacial score (nSPS) is 20.0. The van der Waals surface area contributed by atoms with Crippen molar-refractivity contribution in [3.05, 3.63) is 70.8 Å². The van der Waals surface area contributed by atoms with Crippen LogP contribution in [-0.2, 0) is 24.0 Å². The highest BCUT2D eigenvalue weighted by Gasteiger charge is 2.59. The molecule has 200 valence electrons. The summed E-state index contributed by atoms with van der Waals surface area (Å²) in [5.41, 5.74) is -0.628. The van der Waals surface area contributed by atoms with E-state index in [2.05, 4.69) is 9.97 Å². The molecule has 2 N–H and O–H groups in total. The lowest BCUT2D eigenvalue weighted by Gasteiger charge is -2.19. The van der Waals surface area contributed by atoms with Gasteiger partial charge < -0.3 is 19.7 Å². The number of carboxylic acid groups (broad SMARTS) is 1. The minimum absolute atomic E-state index is 0.0223. The molecule has 5 rings (SSSR count). The van der Waals surface area contributed by atoms with Crippen LogP contribution in [0.15, 0.2) is 42.7 Å². The molecule has 3 aromatic rings. The zero-order valence-corrected chi connectivity index (χ0v) is 20.4. The van der Waals surface area contributed by atoms with E-state index in [0.29, 0.717) is 6.42 Å². The van der Waals surface area contributed by atoms with Crippen LogP contribution in [-0.4, -0.2) is 38.4 Å². The number of aliphatic carboxylic acids is 1. The Bertz CT molecular complexity index is 1400. The van der Waals surface area contributed by atoms with Gasteiger partial charge in [-0.25, -0.2) is 14.4 Å². The van der Waals surface area contributed by atoms with E-state index in [-0.39, 0.29) is 59.4 Å². The number of carbonyl (C=O) groups is 1. The van der Waals surface area contributed by atoms with Gasteiger partial charge in [-0.3, -0.25) is 4.79 Å². The number of aliphatic hydroxyl groups is 1. The van der Waals surface area contributed by atoms with Crippen molar-refractivity contribution in [3.8, 4) is 22.9 Å². The fourth-order valence-electron chi connectivity index (χ4n) is 4.92. The summed E-state index contributed by atoms with van der Waals surface area (Å²) in [5, 5.41) is 19.0. The average molecular weight is 532 g/mol. The molecule has 1 fully saturated rings. The number of hydrogen-bond acceptors (Lipinski definition) is 6. The molecule has 0 amide bonds. The Morgan fingerprint density at radius 1 is 1.08 bits per heavy atom. The number of halogens is 4. The Labute approximate surface area is 215 Å². The van der Waals surface area contributed by atoms with Crippen molar-refractivity contribution in [2.45, 2.75) is 44.6 Å². The van der Waals surface area contributed by atoms with Crippen LogP contribution in [0.4, 0.5) is 17.6 Å². The SMILES string of the molecule is CC(C)(O)COc1cc(C(F)(F)F)c(-c2ccc(F)c(COc3cc4c(cn3)[C@H]3[C@@H](C4)[C@@H]3C(=O)O)c2)cn1. The van der Waals surface area contributed by atoms with Gasteiger partial charge in [-0.2, -0.15) is 13.2 Å². The molecule has 0 aliphatic heterocycles. The number of alkyl halides is 3. The van der Waals surface area contributed by atoms with Crippen molar-refractivity contribution < 1.29 is 42.0 Å². The van der Waals surface area contributed by atoms with Gasteiger partial charge >= 0.3 is 12.1 Å². The van der Waals surface area contributed by atoms with Gasteiger partial charge in [0.1, 0.15) is 19.0 Å². The summed E-state index contributed by atoms with van der Waals surface area (Å²) in [7, 11) is 0. The number of ether oxygens (including phenoxy) is 2. The molecule has 7 nitrogen and oxygen atoms in total. The highest BCUT2D eigenvalue weighted by molar-refractivity contribution is 5.77. The molecule has 0 saturated heterocycles. The molecule has 1 aromatic carbocycles. The highest BCUT2D eigenvalue weighted by Crippen LogP contribution is 2.61. The Morgan fingerprint density at radius 2 is 1.79 bits per heavy atom. The number of fused-ring (bicyclic) bond motifs is 3. The average Bonchev–Trinajstić information content (AvgIpc) is 3.43. The van der Waals surface area contributed by atoms with Crippen molar-refractivity contribution in [1.82, 2.24) is 9.97 Å². The summed E-state index contributed by atoms with van der Waals surface area (Å²) in [6.07, 6.45) is -1.57. The number of rotatable bonds is 8. The summed E-state index contributed by atoms with van der Waals surface area (Å²) in [5.74, 6) is -1.94. The van der Waals surface area contributed by atoms with Crippen LogP contribution in [0.5, 0.6) is 11.8 Å². The Balaban J connectivity index is 1.35. The number of carboxylic acids is 1. The zero-order chi connectivity index (χ0) is 27.4. The van der Waals surface area contributed by atoms with Crippen LogP contribution >= 0.6 is 0 Å². The Hall–Kier alpha value is -3.73. The molecule has 2 aromatic heterocycles. The topological polar surface area (TPSA) is 102 Å². The van der Waals surface area contributed by atoms with Gasteiger partial charge in [0.05, 0.1) is 17.1 Å². The van der Waals surface area contributed by atoms with Crippen molar-refractivity contribution in [3.63, 3.8) is 0 Å². The summed E-state index contributed by atoms with van der Waals surface area (Å²) in [4.78, 5) is 19.4. The number of hydrogen-bond donors (Lipinski definition) is 2. The number of benzene rings is 1. The number of pyridine rings is 2. The second kappa shape index (κ2) is 9.23. The maximum Gasteiger partial charge on any atom is 0.417 e. The molecule has 3 atom stereocenters. The first-order valence-electron chi connectivity index (χ1n) is 11.9. The Morgan fingerprint density at radius 3 is 2.47 bits per heavy atom. The molecule has 2 aliphatic carbocycles. The van der Waals surface area contributed by atoms with E-state index in [0.717, 1.165) is 29.5 Å². The fourth-order valence-corrected chi connectivity index (χ4v) is 4.92. The van der Waals surface area contributed by atoms with Gasteiger partial charge in [0.15, 0.2) is 0 Å². The molecular weight excluding hydrogens is 508 g/mol. The third-order valence-electron chi connectivity index (χ3n) is 6.76. The summed E-state index contributed by atoms with van der Waals surface area (Å²) >= 11 is 0. The zero-order valence-electron chi connectivity index (χ0n) is 20.4. The molecule has 0 radical (unpaired) electrons. The Kier molecular flexibility index (Phi) is 6.29. The second-order valence-corrected chi connectivity index (χ2v) is 10.2. The minimum atomic E-state index is -4.75. The van der Waals surface area contributed by atoms with E-state index in [1.165, 1.54) is 26.0 Å². The molecule has 1 saturated carbocycles. The van der Waals surface area contributed by atoms with Gasteiger partial charge in [0.2, 0.25) is 11.8 Å². The summed E-state index contributed by atoms with van der Waals surface area (Å²) < 4.78 is 67.0. The molecule has 0 unspecified atom stereocenters. The van der Waals surface area contributed by atoms with E-state index in [4.69, 9.17) is 9.47 Å². The standard InChI is InChI=1S/C27H24F4N2O5/c1-26(2,36)12-38-22-8-19(27(29,30)31)17(9-32-22)13-3-4-20(28)15(5-13)11-37-21-7-14-6-16-23(18(14)10-33-21)24(16)25(34)35/h3-5,7-10,16,23-24,36H,6,11-12H2,1-2H3,(H,34,35)/t16-,23-,24+/m1/s1. The van der Waals surface area contributed by atoms with Gasteiger partial charge in [-0.15, -0.1) is 0 Å².